The van der Waals surface area contributed by atoms with Crippen LogP contribution in [0.3, 0.4) is 0 Å². The van der Waals surface area contributed by atoms with Crippen molar-refractivity contribution < 1.29 is 14.3 Å². The lowest BCUT2D eigenvalue weighted by Gasteiger charge is -2.09. The molecule has 1 rings (SSSR count). The number of hydrogen-bond donors (Lipinski definition) is 2. The van der Waals surface area contributed by atoms with E-state index in [0.29, 0.717) is 16.6 Å². The Kier molecular flexibility index (Phi) is 6.45. The molecule has 0 radical (unpaired) electrons. The second kappa shape index (κ2) is 7.86. The maximum atomic E-state index is 11.4. The van der Waals surface area contributed by atoms with E-state index in [2.05, 4.69) is 10.6 Å². The topological polar surface area (TPSA) is 67.4 Å². The van der Waals surface area contributed by atoms with Crippen LogP contribution in [0.1, 0.15) is 13.3 Å². The van der Waals surface area contributed by atoms with E-state index < -0.39 is 11.9 Å². The van der Waals surface area contributed by atoms with Crippen LogP contribution >= 0.6 is 23.2 Å². The number of rotatable bonds is 5. The molecular formula is C12H14Cl2N2O3. The summed E-state index contributed by atoms with van der Waals surface area (Å²) in [6.45, 7) is 2.06. The number of halogens is 2. The van der Waals surface area contributed by atoms with Crippen LogP contribution in [0, 0.1) is 0 Å². The van der Waals surface area contributed by atoms with Crippen molar-refractivity contribution in [1.29, 1.82) is 0 Å². The Balaban J connectivity index is 2.44. The summed E-state index contributed by atoms with van der Waals surface area (Å²) in [7, 11) is 0. The summed E-state index contributed by atoms with van der Waals surface area (Å²) >= 11 is 11.7. The molecule has 5 nitrogen and oxygen atoms in total. The first kappa shape index (κ1) is 15.6. The highest BCUT2D eigenvalue weighted by molar-refractivity contribution is 6.37. The smallest absolute Gasteiger partial charge is 0.321 e. The van der Waals surface area contributed by atoms with Gasteiger partial charge in [-0.1, -0.05) is 36.2 Å². The Morgan fingerprint density at radius 1 is 1.26 bits per heavy atom. The molecular weight excluding hydrogens is 291 g/mol. The van der Waals surface area contributed by atoms with Gasteiger partial charge >= 0.3 is 6.03 Å². The molecule has 0 unspecified atom stereocenters. The van der Waals surface area contributed by atoms with Crippen LogP contribution < -0.4 is 15.4 Å². The molecule has 2 N–H and O–H groups in total. The molecule has 0 aromatic heterocycles. The van der Waals surface area contributed by atoms with Crippen LogP contribution in [0.15, 0.2) is 18.2 Å². The van der Waals surface area contributed by atoms with E-state index >= 15 is 0 Å². The largest absolute Gasteiger partial charge is 0.481 e. The number of amides is 3. The van der Waals surface area contributed by atoms with Gasteiger partial charge in [0.15, 0.2) is 12.4 Å². The van der Waals surface area contributed by atoms with Gasteiger partial charge < -0.3 is 10.1 Å². The average Bonchev–Trinajstić information content (AvgIpc) is 2.35. The Labute approximate surface area is 121 Å². The number of urea groups is 1. The molecule has 1 aromatic rings. The van der Waals surface area contributed by atoms with Crippen molar-refractivity contribution in [2.45, 2.75) is 13.3 Å². The van der Waals surface area contributed by atoms with Gasteiger partial charge in [0.25, 0.3) is 5.91 Å². The molecule has 0 fully saturated rings. The van der Waals surface area contributed by atoms with Gasteiger partial charge in [-0.2, -0.15) is 0 Å². The molecule has 0 saturated carbocycles. The third-order valence-electron chi connectivity index (χ3n) is 2.06. The van der Waals surface area contributed by atoms with Crippen molar-refractivity contribution in [3.05, 3.63) is 28.2 Å². The zero-order valence-corrected chi connectivity index (χ0v) is 11.8. The van der Waals surface area contributed by atoms with Gasteiger partial charge in [0, 0.05) is 6.54 Å². The minimum absolute atomic E-state index is 0.218. The van der Waals surface area contributed by atoms with Crippen LogP contribution in [-0.4, -0.2) is 25.1 Å². The van der Waals surface area contributed by atoms with Crippen LogP contribution in [0.4, 0.5) is 4.79 Å². The standard InChI is InChI=1S/C12H14Cl2N2O3/c1-2-6-15-12(18)16-10(17)7-19-11-8(13)4-3-5-9(11)14/h3-5H,2,6-7H2,1H3,(H2,15,16,17,18). The zero-order valence-electron chi connectivity index (χ0n) is 10.3. The highest BCUT2D eigenvalue weighted by Crippen LogP contribution is 2.32. The summed E-state index contributed by atoms with van der Waals surface area (Å²) in [5.41, 5.74) is 0. The quantitative estimate of drug-likeness (QED) is 0.878. The number of ether oxygens (including phenoxy) is 1. The lowest BCUT2D eigenvalue weighted by molar-refractivity contribution is -0.122. The first-order chi connectivity index (χ1) is 9.04. The number of hydrogen-bond acceptors (Lipinski definition) is 3. The summed E-state index contributed by atoms with van der Waals surface area (Å²) < 4.78 is 5.18. The van der Waals surface area contributed by atoms with E-state index in [1.54, 1.807) is 18.2 Å². The Hall–Kier alpha value is -1.46. The third-order valence-corrected chi connectivity index (χ3v) is 2.65. The van der Waals surface area contributed by atoms with Gasteiger partial charge in [0.1, 0.15) is 0 Å². The van der Waals surface area contributed by atoms with Crippen LogP contribution in [0.5, 0.6) is 5.75 Å². The van der Waals surface area contributed by atoms with Gasteiger partial charge in [-0.3, -0.25) is 10.1 Å². The zero-order chi connectivity index (χ0) is 14.3. The van der Waals surface area contributed by atoms with Gasteiger partial charge in [-0.15, -0.1) is 0 Å². The lowest BCUT2D eigenvalue weighted by atomic mass is 10.3. The first-order valence-corrected chi connectivity index (χ1v) is 6.44. The SMILES string of the molecule is CCCNC(=O)NC(=O)COc1c(Cl)cccc1Cl. The van der Waals surface area contributed by atoms with Crippen molar-refractivity contribution in [3.8, 4) is 5.75 Å². The maximum Gasteiger partial charge on any atom is 0.321 e. The average molecular weight is 305 g/mol. The van der Waals surface area contributed by atoms with Crippen molar-refractivity contribution in [2.75, 3.05) is 13.2 Å². The fourth-order valence-electron chi connectivity index (χ4n) is 1.20. The Morgan fingerprint density at radius 2 is 1.89 bits per heavy atom. The first-order valence-electron chi connectivity index (χ1n) is 5.69. The normalized spacial score (nSPS) is 9.84. The summed E-state index contributed by atoms with van der Waals surface area (Å²) in [5, 5.41) is 5.23. The van der Waals surface area contributed by atoms with Gasteiger partial charge in [-0.05, 0) is 18.6 Å². The molecule has 0 heterocycles. The molecule has 0 saturated heterocycles. The fraction of sp³-hybridized carbons (Fsp3) is 0.333. The number of imide groups is 1. The predicted octanol–water partition coefficient (Wildman–Crippen LogP) is 2.61. The fourth-order valence-corrected chi connectivity index (χ4v) is 1.71. The minimum Gasteiger partial charge on any atom is -0.481 e. The van der Waals surface area contributed by atoms with Gasteiger partial charge in [-0.25, -0.2) is 4.79 Å². The van der Waals surface area contributed by atoms with E-state index in [1.807, 2.05) is 6.92 Å². The number of para-hydroxylation sites is 1. The van der Waals surface area contributed by atoms with E-state index in [-0.39, 0.29) is 12.4 Å². The van der Waals surface area contributed by atoms with Crippen molar-refractivity contribution in [3.63, 3.8) is 0 Å². The number of carbonyl (C=O) groups excluding carboxylic acids is 2. The van der Waals surface area contributed by atoms with E-state index in [1.165, 1.54) is 0 Å². The minimum atomic E-state index is -0.579. The van der Waals surface area contributed by atoms with Crippen LogP contribution in [0.25, 0.3) is 0 Å². The molecule has 0 bridgehead atoms. The molecule has 19 heavy (non-hydrogen) atoms. The van der Waals surface area contributed by atoms with Crippen LogP contribution in [-0.2, 0) is 4.79 Å². The molecule has 0 aliphatic carbocycles. The van der Waals surface area contributed by atoms with Crippen LogP contribution in [0.2, 0.25) is 10.0 Å². The number of nitrogens with one attached hydrogen (secondary N) is 2. The lowest BCUT2D eigenvalue weighted by Crippen LogP contribution is -2.41. The monoisotopic (exact) mass is 304 g/mol. The number of benzene rings is 1. The number of carbonyl (C=O) groups is 2. The molecule has 7 heteroatoms. The Bertz CT molecular complexity index is 446. The second-order valence-electron chi connectivity index (χ2n) is 3.64. The molecule has 0 aliphatic heterocycles. The van der Waals surface area contributed by atoms with E-state index in [0.717, 1.165) is 6.42 Å². The highest BCUT2D eigenvalue weighted by atomic mass is 35.5. The molecule has 0 atom stereocenters. The summed E-state index contributed by atoms with van der Waals surface area (Å²) in [5.74, 6) is -0.362. The maximum absolute atomic E-state index is 11.4. The highest BCUT2D eigenvalue weighted by Gasteiger charge is 2.11. The summed E-state index contributed by atoms with van der Waals surface area (Å²) in [4.78, 5) is 22.6. The molecule has 3 amide bonds. The van der Waals surface area contributed by atoms with Gasteiger partial charge in [0.2, 0.25) is 0 Å². The summed E-state index contributed by atoms with van der Waals surface area (Å²) in [6.07, 6.45) is 0.785. The summed E-state index contributed by atoms with van der Waals surface area (Å²) in [6, 6.07) is 4.29. The van der Waals surface area contributed by atoms with E-state index in [4.69, 9.17) is 27.9 Å². The Morgan fingerprint density at radius 3 is 2.47 bits per heavy atom. The van der Waals surface area contributed by atoms with E-state index in [9.17, 15) is 9.59 Å². The second-order valence-corrected chi connectivity index (χ2v) is 4.46. The van der Waals surface area contributed by atoms with Crippen molar-refractivity contribution in [2.24, 2.45) is 0 Å². The molecule has 104 valence electrons. The molecule has 1 aromatic carbocycles. The van der Waals surface area contributed by atoms with Gasteiger partial charge in [0.05, 0.1) is 10.0 Å². The molecule has 0 aliphatic rings. The van der Waals surface area contributed by atoms with Crippen molar-refractivity contribution in [1.82, 2.24) is 10.6 Å². The molecule has 0 spiro atoms. The predicted molar refractivity (Wildman–Crippen MR) is 73.8 cm³/mol. The third kappa shape index (κ3) is 5.36. The van der Waals surface area contributed by atoms with Crippen molar-refractivity contribution >= 4 is 35.1 Å².